The Morgan fingerprint density at radius 1 is 1.35 bits per heavy atom. The average molecular weight is 300 g/mol. The third-order valence-electron chi connectivity index (χ3n) is 3.18. The zero-order valence-corrected chi connectivity index (χ0v) is 12.5. The topological polar surface area (TPSA) is 72.5 Å². The second kappa shape index (κ2) is 8.69. The van der Waals surface area contributed by atoms with Gasteiger partial charge in [-0.3, -0.25) is 4.79 Å². The highest BCUT2D eigenvalue weighted by Gasteiger charge is 2.09. The van der Waals surface area contributed by atoms with Gasteiger partial charge in [0.05, 0.1) is 18.2 Å². The minimum atomic E-state index is -0.716. The Hall–Kier alpha value is -1.42. The van der Waals surface area contributed by atoms with Crippen molar-refractivity contribution in [3.05, 3.63) is 23.2 Å². The maximum Gasteiger partial charge on any atom is 0.306 e. The monoisotopic (exact) mass is 299 g/mol. The standard InChI is InChI=1S/C15H22ClNO3/c1-11(15(18)19)6-4-2-3-5-9-20-14-8-7-12(16)10-13(14)17/h7-8,10-11H,2-6,9,17H2,1H3,(H,18,19). The molecule has 0 amide bonds. The molecule has 0 aliphatic carbocycles. The van der Waals surface area contributed by atoms with Crippen LogP contribution in [0.15, 0.2) is 18.2 Å². The van der Waals surface area contributed by atoms with Crippen LogP contribution in [0.4, 0.5) is 5.69 Å². The van der Waals surface area contributed by atoms with Crippen LogP contribution in [0.5, 0.6) is 5.75 Å². The number of carbonyl (C=O) groups is 1. The fraction of sp³-hybridized carbons (Fsp3) is 0.533. The van der Waals surface area contributed by atoms with Crippen LogP contribution < -0.4 is 10.5 Å². The first-order valence-corrected chi connectivity index (χ1v) is 7.29. The number of nitrogens with two attached hydrogens (primary N) is 1. The molecule has 0 aliphatic heterocycles. The third kappa shape index (κ3) is 6.15. The number of unbranched alkanes of at least 4 members (excludes halogenated alkanes) is 3. The number of nitrogen functional groups attached to an aromatic ring is 1. The summed E-state index contributed by atoms with van der Waals surface area (Å²) < 4.78 is 5.58. The summed E-state index contributed by atoms with van der Waals surface area (Å²) >= 11 is 5.81. The number of aliphatic carboxylic acids is 1. The molecule has 1 aromatic carbocycles. The van der Waals surface area contributed by atoms with Crippen molar-refractivity contribution in [1.29, 1.82) is 0 Å². The summed E-state index contributed by atoms with van der Waals surface area (Å²) in [6, 6.07) is 5.19. The number of hydrogen-bond donors (Lipinski definition) is 2. The molecular weight excluding hydrogens is 278 g/mol. The summed E-state index contributed by atoms with van der Waals surface area (Å²) in [6.45, 7) is 2.36. The van der Waals surface area contributed by atoms with Gasteiger partial charge in [-0.25, -0.2) is 0 Å². The van der Waals surface area contributed by atoms with E-state index in [1.165, 1.54) is 0 Å². The predicted molar refractivity (Wildman–Crippen MR) is 81.2 cm³/mol. The summed E-state index contributed by atoms with van der Waals surface area (Å²) in [4.78, 5) is 10.6. The zero-order chi connectivity index (χ0) is 15.0. The fourth-order valence-corrected chi connectivity index (χ4v) is 2.04. The van der Waals surface area contributed by atoms with E-state index in [0.717, 1.165) is 32.1 Å². The Kier molecular flexibility index (Phi) is 7.23. The number of anilines is 1. The minimum Gasteiger partial charge on any atom is -0.491 e. The summed E-state index contributed by atoms with van der Waals surface area (Å²) in [5.74, 6) is -0.305. The molecule has 4 nitrogen and oxygen atoms in total. The highest BCUT2D eigenvalue weighted by atomic mass is 35.5. The van der Waals surface area contributed by atoms with Crippen molar-refractivity contribution in [2.75, 3.05) is 12.3 Å². The van der Waals surface area contributed by atoms with Crippen LogP contribution in [0, 0.1) is 5.92 Å². The highest BCUT2D eigenvalue weighted by molar-refractivity contribution is 6.30. The quantitative estimate of drug-likeness (QED) is 0.534. The molecule has 1 unspecified atom stereocenters. The maximum atomic E-state index is 10.6. The van der Waals surface area contributed by atoms with Crippen molar-refractivity contribution in [3.8, 4) is 5.75 Å². The number of carboxylic acids is 1. The Labute approximate surface area is 124 Å². The van der Waals surface area contributed by atoms with E-state index in [0.29, 0.717) is 23.1 Å². The molecule has 0 saturated heterocycles. The average Bonchev–Trinajstić information content (AvgIpc) is 2.39. The molecule has 20 heavy (non-hydrogen) atoms. The molecule has 0 aromatic heterocycles. The molecule has 0 bridgehead atoms. The predicted octanol–water partition coefficient (Wildman–Crippen LogP) is 3.97. The Balaban J connectivity index is 2.09. The summed E-state index contributed by atoms with van der Waals surface area (Å²) in [6.07, 6.45) is 4.66. The highest BCUT2D eigenvalue weighted by Crippen LogP contribution is 2.25. The Morgan fingerprint density at radius 3 is 2.70 bits per heavy atom. The van der Waals surface area contributed by atoms with Gasteiger partial charge in [0.25, 0.3) is 0 Å². The van der Waals surface area contributed by atoms with Crippen molar-refractivity contribution >= 4 is 23.3 Å². The third-order valence-corrected chi connectivity index (χ3v) is 3.42. The smallest absolute Gasteiger partial charge is 0.306 e. The van der Waals surface area contributed by atoms with E-state index < -0.39 is 5.97 Å². The number of hydrogen-bond acceptors (Lipinski definition) is 3. The van der Waals surface area contributed by atoms with Crippen LogP contribution in [-0.2, 0) is 4.79 Å². The zero-order valence-electron chi connectivity index (χ0n) is 11.8. The van der Waals surface area contributed by atoms with Gasteiger partial charge in [-0.05, 0) is 31.0 Å². The lowest BCUT2D eigenvalue weighted by molar-refractivity contribution is -0.141. The fourth-order valence-electron chi connectivity index (χ4n) is 1.86. The van der Waals surface area contributed by atoms with Gasteiger partial charge in [0.1, 0.15) is 5.75 Å². The van der Waals surface area contributed by atoms with Gasteiger partial charge in [0.15, 0.2) is 0 Å². The molecule has 0 spiro atoms. The molecule has 1 atom stereocenters. The van der Waals surface area contributed by atoms with E-state index in [1.54, 1.807) is 25.1 Å². The Bertz CT molecular complexity index is 437. The summed E-state index contributed by atoms with van der Waals surface area (Å²) in [5.41, 5.74) is 6.33. The molecule has 1 aromatic rings. The van der Waals surface area contributed by atoms with Gasteiger partial charge >= 0.3 is 5.97 Å². The van der Waals surface area contributed by atoms with Crippen LogP contribution in [0.25, 0.3) is 0 Å². The van der Waals surface area contributed by atoms with Crippen molar-refractivity contribution in [2.45, 2.75) is 39.0 Å². The van der Waals surface area contributed by atoms with E-state index >= 15 is 0 Å². The van der Waals surface area contributed by atoms with E-state index in [2.05, 4.69) is 0 Å². The van der Waals surface area contributed by atoms with Gasteiger partial charge < -0.3 is 15.6 Å². The summed E-state index contributed by atoms with van der Waals surface area (Å²) in [5, 5.41) is 9.35. The first kappa shape index (κ1) is 16.6. The molecule has 5 heteroatoms. The van der Waals surface area contributed by atoms with Crippen molar-refractivity contribution in [2.24, 2.45) is 5.92 Å². The second-order valence-electron chi connectivity index (χ2n) is 4.97. The maximum absolute atomic E-state index is 10.6. The van der Waals surface area contributed by atoms with Gasteiger partial charge in [-0.15, -0.1) is 0 Å². The number of rotatable bonds is 9. The van der Waals surface area contributed by atoms with Gasteiger partial charge in [0.2, 0.25) is 0 Å². The lowest BCUT2D eigenvalue weighted by Gasteiger charge is -2.09. The van der Waals surface area contributed by atoms with E-state index in [4.69, 9.17) is 27.2 Å². The van der Waals surface area contributed by atoms with Crippen molar-refractivity contribution in [1.82, 2.24) is 0 Å². The Morgan fingerprint density at radius 2 is 2.05 bits per heavy atom. The summed E-state index contributed by atoms with van der Waals surface area (Å²) in [7, 11) is 0. The van der Waals surface area contributed by atoms with Crippen LogP contribution in [0.2, 0.25) is 5.02 Å². The van der Waals surface area contributed by atoms with E-state index in [1.807, 2.05) is 0 Å². The minimum absolute atomic E-state index is 0.250. The lowest BCUT2D eigenvalue weighted by Crippen LogP contribution is -2.08. The SMILES string of the molecule is CC(CCCCCCOc1ccc(Cl)cc1N)C(=O)O. The van der Waals surface area contributed by atoms with Crippen molar-refractivity contribution in [3.63, 3.8) is 0 Å². The number of halogens is 1. The molecule has 0 radical (unpaired) electrons. The van der Waals surface area contributed by atoms with Gasteiger partial charge in [0, 0.05) is 5.02 Å². The normalized spacial score (nSPS) is 12.1. The molecule has 112 valence electrons. The molecule has 1 rings (SSSR count). The molecule has 0 heterocycles. The van der Waals surface area contributed by atoms with Gasteiger partial charge in [-0.1, -0.05) is 37.8 Å². The molecule has 0 saturated carbocycles. The van der Waals surface area contributed by atoms with Crippen LogP contribution in [-0.4, -0.2) is 17.7 Å². The lowest BCUT2D eigenvalue weighted by atomic mass is 10.0. The second-order valence-corrected chi connectivity index (χ2v) is 5.41. The first-order valence-electron chi connectivity index (χ1n) is 6.91. The molecular formula is C15H22ClNO3. The number of carboxylic acid groups (broad SMARTS) is 1. The van der Waals surface area contributed by atoms with E-state index in [-0.39, 0.29) is 5.92 Å². The number of ether oxygens (including phenoxy) is 1. The van der Waals surface area contributed by atoms with Gasteiger partial charge in [-0.2, -0.15) is 0 Å². The van der Waals surface area contributed by atoms with Crippen molar-refractivity contribution < 1.29 is 14.6 Å². The number of benzene rings is 1. The molecule has 3 N–H and O–H groups in total. The van der Waals surface area contributed by atoms with Crippen LogP contribution in [0.3, 0.4) is 0 Å². The molecule has 0 aliphatic rings. The largest absolute Gasteiger partial charge is 0.491 e. The van der Waals surface area contributed by atoms with Crippen LogP contribution >= 0.6 is 11.6 Å². The van der Waals surface area contributed by atoms with Crippen LogP contribution in [0.1, 0.15) is 39.0 Å². The van der Waals surface area contributed by atoms with E-state index in [9.17, 15) is 4.79 Å². The molecule has 0 fully saturated rings. The first-order chi connectivity index (χ1) is 9.50.